The first-order valence-electron chi connectivity index (χ1n) is 26.8. The zero-order valence-corrected chi connectivity index (χ0v) is 48.4. The van der Waals surface area contributed by atoms with E-state index in [0.29, 0.717) is 47.0 Å². The van der Waals surface area contributed by atoms with Crippen molar-refractivity contribution in [1.29, 1.82) is 0 Å². The Morgan fingerprint density at radius 2 is 0.841 bits per heavy atom. The van der Waals surface area contributed by atoms with E-state index in [2.05, 4.69) is 26.6 Å². The van der Waals surface area contributed by atoms with Crippen LogP contribution in [-0.4, -0.2) is 109 Å². The van der Waals surface area contributed by atoms with Gasteiger partial charge in [0, 0.05) is 90.0 Å². The number of phenols is 2. The number of nitro groups is 2. The summed E-state index contributed by atoms with van der Waals surface area (Å²) in [6.45, 7) is 6.10. The summed E-state index contributed by atoms with van der Waals surface area (Å²) in [6, 6.07) is 29.9. The van der Waals surface area contributed by atoms with Gasteiger partial charge in [0.2, 0.25) is 17.7 Å². The second-order valence-corrected chi connectivity index (χ2v) is 19.4. The number of methoxy groups -OCH3 is 1. The smallest absolute Gasteiger partial charge is 0.336 e. The SMILES string of the molecule is CC1=C(C(=O)O)C(c2cccc([N+](=O)[O-])c2)C(C(=O)OCCCC(=O)Nc2ccc(O)cc2)=C(C)N1.CC1=C(C(=O)O)C(c2cccc([N+](=O)[O-])c2)C(C(=O)OCCCC(=O)Nc2ccc(O)cc2)=C(C)N1.COc1ccc(NC(=O)CCCO)cc1.O. The predicted octanol–water partition coefficient (Wildman–Crippen LogP) is 7.75. The van der Waals surface area contributed by atoms with Crippen molar-refractivity contribution in [1.82, 2.24) is 10.6 Å². The van der Waals surface area contributed by atoms with Crippen LogP contribution in [0.5, 0.6) is 17.2 Å². The van der Waals surface area contributed by atoms with Crippen LogP contribution in [0.4, 0.5) is 28.4 Å². The first-order chi connectivity index (χ1) is 41.4. The van der Waals surface area contributed by atoms with E-state index in [1.54, 1.807) is 83.3 Å². The van der Waals surface area contributed by atoms with Crippen LogP contribution in [0.1, 0.15) is 89.2 Å². The van der Waals surface area contributed by atoms with Gasteiger partial charge in [0.05, 0.1) is 64.3 Å². The number of allylic oxidation sites excluding steroid dienone is 4. The minimum atomic E-state index is -1.28. The van der Waals surface area contributed by atoms with Crippen LogP contribution in [0.25, 0.3) is 0 Å². The molecule has 0 radical (unpaired) electrons. The number of nitrogens with one attached hydrogen (secondary N) is 5. The Morgan fingerprint density at radius 1 is 0.511 bits per heavy atom. The lowest BCUT2D eigenvalue weighted by molar-refractivity contribution is -0.385. The number of nitro benzene ring substituents is 2. The maximum atomic E-state index is 13.1. The van der Waals surface area contributed by atoms with Gasteiger partial charge in [0.25, 0.3) is 11.4 Å². The number of nitrogens with zero attached hydrogens (tertiary/aromatic N) is 2. The number of carboxylic acids is 2. The Balaban J connectivity index is 0.000000303. The molecule has 0 fully saturated rings. The number of aliphatic hydroxyl groups excluding tert-OH is 1. The van der Waals surface area contributed by atoms with Crippen molar-refractivity contribution in [2.45, 2.75) is 78.1 Å². The molecule has 0 aromatic heterocycles. The Labute approximate surface area is 503 Å². The highest BCUT2D eigenvalue weighted by Crippen LogP contribution is 2.41. The Bertz CT molecular complexity index is 3310. The van der Waals surface area contributed by atoms with Gasteiger partial charge in [-0.3, -0.25) is 34.6 Å². The summed E-state index contributed by atoms with van der Waals surface area (Å²) in [4.78, 5) is 107. The lowest BCUT2D eigenvalue weighted by atomic mass is 9.80. The molecule has 0 aliphatic carbocycles. The topological polar surface area (TPSA) is 426 Å². The largest absolute Gasteiger partial charge is 0.508 e. The lowest BCUT2D eigenvalue weighted by Crippen LogP contribution is -2.32. The average molecular weight is 1220 g/mol. The quantitative estimate of drug-likeness (QED) is 0.00982. The summed E-state index contributed by atoms with van der Waals surface area (Å²) in [5.41, 5.74) is 2.94. The van der Waals surface area contributed by atoms with Crippen LogP contribution in [0.15, 0.2) is 166 Å². The van der Waals surface area contributed by atoms with Crippen molar-refractivity contribution in [2.75, 3.05) is 42.9 Å². The van der Waals surface area contributed by atoms with Gasteiger partial charge in [-0.05, 0) is 131 Å². The molecule has 2 heterocycles. The van der Waals surface area contributed by atoms with Gasteiger partial charge >= 0.3 is 23.9 Å². The summed E-state index contributed by atoms with van der Waals surface area (Å²) in [6.07, 6.45) is 1.34. The zero-order chi connectivity index (χ0) is 63.9. The highest BCUT2D eigenvalue weighted by Gasteiger charge is 2.39. The lowest BCUT2D eigenvalue weighted by Gasteiger charge is -2.29. The highest BCUT2D eigenvalue weighted by molar-refractivity contribution is 6.00. The monoisotopic (exact) mass is 1220 g/mol. The molecule has 0 saturated carbocycles. The minimum absolute atomic E-state index is 0. The number of rotatable bonds is 23. The van der Waals surface area contributed by atoms with Gasteiger partial charge in [-0.2, -0.15) is 0 Å². The summed E-state index contributed by atoms with van der Waals surface area (Å²) < 4.78 is 15.7. The number of dihydropyridines is 2. The van der Waals surface area contributed by atoms with Gasteiger partial charge < -0.3 is 71.8 Å². The number of non-ortho nitro benzene ring substituents is 2. The summed E-state index contributed by atoms with van der Waals surface area (Å²) in [7, 11) is 1.59. The van der Waals surface area contributed by atoms with E-state index in [1.807, 2.05) is 0 Å². The zero-order valence-electron chi connectivity index (χ0n) is 48.4. The number of carbonyl (C=O) groups is 7. The number of benzene rings is 5. The van der Waals surface area contributed by atoms with Crippen LogP contribution in [0.2, 0.25) is 0 Å². The molecule has 0 saturated heterocycles. The van der Waals surface area contributed by atoms with Gasteiger partial charge in [0.15, 0.2) is 0 Å². The first-order valence-corrected chi connectivity index (χ1v) is 26.8. The first kappa shape index (κ1) is 69.6. The third-order valence-electron chi connectivity index (χ3n) is 13.1. The normalized spacial score (nSPS) is 14.1. The molecule has 12 N–H and O–H groups in total. The number of hydrogen-bond acceptors (Lipinski definition) is 19. The number of aliphatic carboxylic acids is 2. The molecule has 0 bridgehead atoms. The molecule has 2 aliphatic rings. The Morgan fingerprint density at radius 3 is 1.16 bits per heavy atom. The van der Waals surface area contributed by atoms with E-state index in [-0.39, 0.29) is 125 Å². The van der Waals surface area contributed by atoms with Crippen molar-refractivity contribution in [3.8, 4) is 17.2 Å². The second kappa shape index (κ2) is 33.5. The number of carboxylic acid groups (broad SMARTS) is 2. The number of aromatic hydroxyl groups is 2. The van der Waals surface area contributed by atoms with E-state index in [9.17, 15) is 74.2 Å². The number of esters is 2. The Hall–Kier alpha value is -10.9. The van der Waals surface area contributed by atoms with Crippen molar-refractivity contribution in [3.05, 3.63) is 198 Å². The summed E-state index contributed by atoms with van der Waals surface area (Å²) >= 11 is 0. The van der Waals surface area contributed by atoms with Gasteiger partial charge in [0.1, 0.15) is 17.2 Å². The molecule has 2 atom stereocenters. The number of aliphatic hydroxyl groups is 1. The fourth-order valence-corrected chi connectivity index (χ4v) is 9.02. The molecule has 27 heteroatoms. The fraction of sp³-hybridized carbons (Fsp3) is 0.262. The van der Waals surface area contributed by atoms with E-state index in [4.69, 9.17) is 19.3 Å². The van der Waals surface area contributed by atoms with Gasteiger partial charge in [-0.1, -0.05) is 24.3 Å². The predicted molar refractivity (Wildman–Crippen MR) is 319 cm³/mol. The molecule has 3 amide bonds. The molecule has 5 aromatic rings. The third kappa shape index (κ3) is 20.1. The molecule has 88 heavy (non-hydrogen) atoms. The number of anilines is 3. The highest BCUT2D eigenvalue weighted by atomic mass is 16.6. The van der Waals surface area contributed by atoms with Gasteiger partial charge in [-0.25, -0.2) is 19.2 Å². The molecular formula is C61H67N7O20. The van der Waals surface area contributed by atoms with E-state index in [1.165, 1.54) is 72.8 Å². The molecule has 7 rings (SSSR count). The van der Waals surface area contributed by atoms with E-state index < -0.39 is 45.6 Å². The number of amides is 3. The Kier molecular flexibility index (Phi) is 26.5. The second-order valence-electron chi connectivity index (χ2n) is 19.4. The molecule has 5 aromatic carbocycles. The number of carbonyl (C=O) groups excluding carboxylic acids is 5. The molecule has 466 valence electrons. The van der Waals surface area contributed by atoms with Crippen LogP contribution in [-0.2, 0) is 43.0 Å². The molecule has 2 aliphatic heterocycles. The van der Waals surface area contributed by atoms with E-state index >= 15 is 0 Å². The van der Waals surface area contributed by atoms with Crippen molar-refractivity contribution in [2.24, 2.45) is 0 Å². The van der Waals surface area contributed by atoms with Crippen molar-refractivity contribution in [3.63, 3.8) is 0 Å². The van der Waals surface area contributed by atoms with Crippen LogP contribution >= 0.6 is 0 Å². The third-order valence-corrected chi connectivity index (χ3v) is 13.1. The molecular weight excluding hydrogens is 1150 g/mol. The number of hydrogen-bond donors (Lipinski definition) is 10. The summed E-state index contributed by atoms with van der Waals surface area (Å²) in [5, 5.41) is 83.2. The van der Waals surface area contributed by atoms with Gasteiger partial charge in [-0.15, -0.1) is 0 Å². The van der Waals surface area contributed by atoms with E-state index in [0.717, 1.165) is 11.4 Å². The average Bonchev–Trinajstić information content (AvgIpc) is 0.847. The number of ether oxygens (including phenoxy) is 3. The van der Waals surface area contributed by atoms with Crippen LogP contribution in [0.3, 0.4) is 0 Å². The van der Waals surface area contributed by atoms with Crippen molar-refractivity contribution < 1.29 is 88.6 Å². The molecule has 0 spiro atoms. The summed E-state index contributed by atoms with van der Waals surface area (Å²) in [5.74, 6) is -6.13. The maximum absolute atomic E-state index is 13.1. The standard InChI is InChI=1S/2C25H25N3O8.C11H15NO3.H2O/c2*1-14-21(24(31)32)23(16-5-3-6-18(13-16)28(34)35)22(15(2)26-14)25(33)36-12-4-7-20(30)27-17-8-10-19(29)11-9-17;1-15-10-6-4-9(5-7-10)12-11(14)3-2-8-13;/h2*3,5-6,8-11,13,23,26,29H,4,7,12H2,1-2H3,(H,27,30)(H,31,32);4-7,13H,2-3,8H2,1H3,(H,12,14);1H2. The van der Waals surface area contributed by atoms with Crippen molar-refractivity contribution >= 4 is 70.0 Å². The maximum Gasteiger partial charge on any atom is 0.336 e. The molecule has 2 unspecified atom stereocenters. The van der Waals surface area contributed by atoms with Crippen LogP contribution in [0, 0.1) is 20.2 Å². The fourth-order valence-electron chi connectivity index (χ4n) is 9.02. The molecule has 27 nitrogen and oxygen atoms in total. The minimum Gasteiger partial charge on any atom is -0.508 e. The van der Waals surface area contributed by atoms with Crippen LogP contribution < -0.4 is 31.3 Å². The number of phenolic OH excluding ortho intramolecular Hbond substituents is 2.